The molecule has 2 aromatic carbocycles. The molecule has 0 radical (unpaired) electrons. The zero-order chi connectivity index (χ0) is 20.1. The van der Waals surface area contributed by atoms with Crippen LogP contribution in [-0.2, 0) is 10.0 Å². The summed E-state index contributed by atoms with van der Waals surface area (Å²) >= 11 is 0. The number of carbonyl (C=O) groups is 1. The Morgan fingerprint density at radius 3 is 2.50 bits per heavy atom. The minimum atomic E-state index is -3.56. The first-order valence-electron chi connectivity index (χ1n) is 9.94. The van der Waals surface area contributed by atoms with Gasteiger partial charge in [0, 0.05) is 24.3 Å². The van der Waals surface area contributed by atoms with Crippen LogP contribution in [0.4, 0.5) is 5.69 Å². The molecule has 28 heavy (non-hydrogen) atoms. The van der Waals surface area contributed by atoms with Gasteiger partial charge in [-0.15, -0.1) is 0 Å². The molecule has 6 heteroatoms. The molecule has 0 spiro atoms. The lowest BCUT2D eigenvalue weighted by atomic mass is 9.97. The summed E-state index contributed by atoms with van der Waals surface area (Å²) in [6.45, 7) is 5.32. The number of carbonyl (C=O) groups excluding carboxylic acids is 1. The van der Waals surface area contributed by atoms with Gasteiger partial charge in [0.25, 0.3) is 5.91 Å². The zero-order valence-electron chi connectivity index (χ0n) is 16.5. The third kappa shape index (κ3) is 4.45. The summed E-state index contributed by atoms with van der Waals surface area (Å²) < 4.78 is 27.3. The molecule has 1 N–H and O–H groups in total. The Balaban J connectivity index is 1.84. The molecule has 1 fully saturated rings. The van der Waals surface area contributed by atoms with Gasteiger partial charge >= 0.3 is 0 Å². The number of para-hydroxylation sites is 1. The number of nitrogens with one attached hydrogen (secondary N) is 1. The molecule has 2 aromatic rings. The van der Waals surface area contributed by atoms with E-state index in [2.05, 4.69) is 19.2 Å². The normalized spacial score (nSPS) is 16.5. The molecule has 1 amide bonds. The Morgan fingerprint density at radius 2 is 1.79 bits per heavy atom. The van der Waals surface area contributed by atoms with Crippen LogP contribution in [0.15, 0.2) is 53.4 Å². The molecule has 0 aromatic heterocycles. The zero-order valence-corrected chi connectivity index (χ0v) is 17.3. The fourth-order valence-corrected chi connectivity index (χ4v) is 5.07. The molecule has 1 saturated heterocycles. The van der Waals surface area contributed by atoms with Crippen molar-refractivity contribution in [3.8, 4) is 0 Å². The van der Waals surface area contributed by atoms with Crippen molar-refractivity contribution >= 4 is 21.6 Å². The van der Waals surface area contributed by atoms with Crippen molar-refractivity contribution in [2.75, 3.05) is 18.4 Å². The first-order chi connectivity index (χ1) is 13.4. The third-order valence-corrected chi connectivity index (χ3v) is 7.30. The van der Waals surface area contributed by atoms with E-state index in [1.54, 1.807) is 18.2 Å². The van der Waals surface area contributed by atoms with Crippen LogP contribution in [0, 0.1) is 0 Å². The van der Waals surface area contributed by atoms with Gasteiger partial charge in [0.2, 0.25) is 10.0 Å². The molecule has 0 bridgehead atoms. The van der Waals surface area contributed by atoms with Crippen molar-refractivity contribution in [2.24, 2.45) is 0 Å². The summed E-state index contributed by atoms with van der Waals surface area (Å²) in [5, 5.41) is 2.95. The quantitative estimate of drug-likeness (QED) is 0.769. The Bertz CT molecular complexity index is 934. The van der Waals surface area contributed by atoms with Gasteiger partial charge < -0.3 is 5.32 Å². The van der Waals surface area contributed by atoms with E-state index in [0.717, 1.165) is 36.9 Å². The van der Waals surface area contributed by atoms with E-state index >= 15 is 0 Å². The van der Waals surface area contributed by atoms with E-state index in [0.29, 0.717) is 24.6 Å². The van der Waals surface area contributed by atoms with Gasteiger partial charge in [0.05, 0.1) is 4.90 Å². The average Bonchev–Trinajstić information content (AvgIpc) is 2.74. The SMILES string of the molecule is CC[C@@H](C)c1ccccc1NC(=O)c1cccc(S(=O)(=O)N2CCCCC2)c1. The lowest BCUT2D eigenvalue weighted by molar-refractivity contribution is 0.102. The number of piperidine rings is 1. The highest BCUT2D eigenvalue weighted by atomic mass is 32.2. The molecule has 3 rings (SSSR count). The molecule has 0 unspecified atom stereocenters. The molecule has 1 aliphatic rings. The molecule has 1 heterocycles. The molecular weight excluding hydrogens is 372 g/mol. The van der Waals surface area contributed by atoms with E-state index in [1.165, 1.54) is 10.4 Å². The first-order valence-corrected chi connectivity index (χ1v) is 11.4. The van der Waals surface area contributed by atoms with Crippen LogP contribution in [0.1, 0.15) is 61.4 Å². The van der Waals surface area contributed by atoms with Gasteiger partial charge in [0.1, 0.15) is 0 Å². The van der Waals surface area contributed by atoms with E-state index in [1.807, 2.05) is 24.3 Å². The Kier molecular flexibility index (Phi) is 6.52. The van der Waals surface area contributed by atoms with Crippen molar-refractivity contribution in [3.05, 3.63) is 59.7 Å². The number of hydrogen-bond acceptors (Lipinski definition) is 3. The lowest BCUT2D eigenvalue weighted by Gasteiger charge is -2.26. The second kappa shape index (κ2) is 8.88. The van der Waals surface area contributed by atoms with Crippen molar-refractivity contribution in [3.63, 3.8) is 0 Å². The summed E-state index contributed by atoms with van der Waals surface area (Å²) in [4.78, 5) is 13.0. The lowest BCUT2D eigenvalue weighted by Crippen LogP contribution is -2.35. The predicted molar refractivity (Wildman–Crippen MR) is 112 cm³/mol. The van der Waals surface area contributed by atoms with Gasteiger partial charge in [-0.25, -0.2) is 8.42 Å². The molecule has 5 nitrogen and oxygen atoms in total. The Labute approximate surface area is 167 Å². The van der Waals surface area contributed by atoms with E-state index < -0.39 is 10.0 Å². The molecule has 1 aliphatic heterocycles. The van der Waals surface area contributed by atoms with Crippen molar-refractivity contribution in [2.45, 2.75) is 50.3 Å². The maximum atomic E-state index is 12.9. The van der Waals surface area contributed by atoms with Crippen molar-refractivity contribution in [1.82, 2.24) is 4.31 Å². The van der Waals surface area contributed by atoms with Gasteiger partial charge in [-0.1, -0.05) is 44.5 Å². The summed E-state index contributed by atoms with van der Waals surface area (Å²) in [6.07, 6.45) is 3.79. The minimum absolute atomic E-state index is 0.178. The monoisotopic (exact) mass is 400 g/mol. The Hall–Kier alpha value is -2.18. The van der Waals surface area contributed by atoms with Gasteiger partial charge in [-0.3, -0.25) is 4.79 Å². The van der Waals surface area contributed by atoms with Crippen LogP contribution < -0.4 is 5.32 Å². The number of hydrogen-bond donors (Lipinski definition) is 1. The van der Waals surface area contributed by atoms with Crippen molar-refractivity contribution in [1.29, 1.82) is 0 Å². The highest BCUT2D eigenvalue weighted by Crippen LogP contribution is 2.27. The van der Waals surface area contributed by atoms with Crippen LogP contribution in [-0.4, -0.2) is 31.7 Å². The fourth-order valence-electron chi connectivity index (χ4n) is 3.51. The molecular formula is C22H28N2O3S. The van der Waals surface area contributed by atoms with Gasteiger partial charge in [-0.2, -0.15) is 4.31 Å². The summed E-state index contributed by atoms with van der Waals surface area (Å²) in [6, 6.07) is 14.1. The highest BCUT2D eigenvalue weighted by molar-refractivity contribution is 7.89. The maximum Gasteiger partial charge on any atom is 0.255 e. The third-order valence-electron chi connectivity index (χ3n) is 5.40. The number of sulfonamides is 1. The molecule has 1 atom stereocenters. The van der Waals surface area contributed by atoms with Crippen LogP contribution in [0.5, 0.6) is 0 Å². The minimum Gasteiger partial charge on any atom is -0.322 e. The summed E-state index contributed by atoms with van der Waals surface area (Å²) in [7, 11) is -3.56. The topological polar surface area (TPSA) is 66.5 Å². The van der Waals surface area contributed by atoms with Crippen LogP contribution >= 0.6 is 0 Å². The number of nitrogens with zero attached hydrogens (tertiary/aromatic N) is 1. The Morgan fingerprint density at radius 1 is 1.07 bits per heavy atom. The molecule has 150 valence electrons. The maximum absolute atomic E-state index is 12.9. The smallest absolute Gasteiger partial charge is 0.255 e. The number of benzene rings is 2. The van der Waals surface area contributed by atoms with Gasteiger partial charge in [0.15, 0.2) is 0 Å². The standard InChI is InChI=1S/C22H28N2O3S/c1-3-17(2)20-12-5-6-13-21(20)23-22(25)18-10-9-11-19(16-18)28(26,27)24-14-7-4-8-15-24/h5-6,9-13,16-17H,3-4,7-8,14-15H2,1-2H3,(H,23,25)/t17-/m1/s1. The van der Waals surface area contributed by atoms with E-state index in [4.69, 9.17) is 0 Å². The van der Waals surface area contributed by atoms with Crippen LogP contribution in [0.3, 0.4) is 0 Å². The second-order valence-corrected chi connectivity index (χ2v) is 9.28. The predicted octanol–water partition coefficient (Wildman–Crippen LogP) is 4.63. The van der Waals surface area contributed by atoms with E-state index in [-0.39, 0.29) is 10.8 Å². The average molecular weight is 401 g/mol. The van der Waals surface area contributed by atoms with Crippen LogP contribution in [0.25, 0.3) is 0 Å². The first kappa shape index (κ1) is 20.6. The van der Waals surface area contributed by atoms with Crippen molar-refractivity contribution < 1.29 is 13.2 Å². The summed E-state index contributed by atoms with van der Waals surface area (Å²) in [5.74, 6) is 0.0220. The highest BCUT2D eigenvalue weighted by Gasteiger charge is 2.26. The van der Waals surface area contributed by atoms with Crippen LogP contribution in [0.2, 0.25) is 0 Å². The number of anilines is 1. The number of rotatable bonds is 6. The molecule has 0 saturated carbocycles. The molecule has 0 aliphatic carbocycles. The summed E-state index contributed by atoms with van der Waals surface area (Å²) in [5.41, 5.74) is 2.19. The largest absolute Gasteiger partial charge is 0.322 e. The van der Waals surface area contributed by atoms with Gasteiger partial charge in [-0.05, 0) is 55.0 Å². The fraction of sp³-hybridized carbons (Fsp3) is 0.409. The second-order valence-electron chi connectivity index (χ2n) is 7.34. The van der Waals surface area contributed by atoms with E-state index in [9.17, 15) is 13.2 Å². The number of amides is 1.